The number of hydrogen-bond acceptors (Lipinski definition) is 8. The van der Waals surface area contributed by atoms with Crippen molar-refractivity contribution in [1.29, 1.82) is 0 Å². The van der Waals surface area contributed by atoms with Gasteiger partial charge in [-0.3, -0.25) is 0 Å². The first kappa shape index (κ1) is 42.6. The molecule has 0 unspecified atom stereocenters. The minimum Gasteiger partial charge on any atom is -0.497 e. The number of carbonyl (C=O) groups is 1. The predicted octanol–water partition coefficient (Wildman–Crippen LogP) is 8.52. The van der Waals surface area contributed by atoms with Crippen molar-refractivity contribution >= 4 is 14.3 Å². The Kier molecular flexibility index (Phi) is 18.3. The smallest absolute Gasteiger partial charge is 0.333 e. The molecule has 0 amide bonds. The van der Waals surface area contributed by atoms with E-state index in [9.17, 15) is 9.90 Å². The summed E-state index contributed by atoms with van der Waals surface area (Å²) in [5, 5.41) is 11.4. The molecule has 0 aliphatic heterocycles. The van der Waals surface area contributed by atoms with Crippen LogP contribution in [-0.4, -0.2) is 71.2 Å². The van der Waals surface area contributed by atoms with E-state index in [0.29, 0.717) is 51.3 Å². The fourth-order valence-corrected chi connectivity index (χ4v) is 6.83. The monoisotopic (exact) mass is 700 g/mol. The number of aliphatic hydroxyl groups excluding tert-OH is 1. The molecule has 9 heteroatoms. The molecule has 2 aromatic rings. The second kappa shape index (κ2) is 21.0. The van der Waals surface area contributed by atoms with Gasteiger partial charge in [0.2, 0.25) is 0 Å². The molecule has 8 nitrogen and oxygen atoms in total. The van der Waals surface area contributed by atoms with Gasteiger partial charge in [-0.2, -0.15) is 0 Å². The topological polar surface area (TPSA) is 92.7 Å². The molecule has 6 atom stereocenters. The maximum atomic E-state index is 12.3. The molecule has 0 radical (unpaired) electrons. The third kappa shape index (κ3) is 14.7. The number of rotatable bonds is 22. The molecule has 276 valence electrons. The molecule has 0 fully saturated rings. The predicted molar refractivity (Wildman–Crippen MR) is 199 cm³/mol. The van der Waals surface area contributed by atoms with Gasteiger partial charge < -0.3 is 33.2 Å². The lowest BCUT2D eigenvalue weighted by Crippen LogP contribution is -2.49. The van der Waals surface area contributed by atoms with Crippen LogP contribution in [0.5, 0.6) is 5.75 Å². The van der Waals surface area contributed by atoms with Gasteiger partial charge >= 0.3 is 5.97 Å². The molecule has 0 saturated carbocycles. The van der Waals surface area contributed by atoms with Crippen molar-refractivity contribution in [2.45, 2.75) is 123 Å². The van der Waals surface area contributed by atoms with Crippen molar-refractivity contribution in [2.24, 2.45) is 11.8 Å². The van der Waals surface area contributed by atoms with Crippen molar-refractivity contribution in [3.8, 4) is 5.75 Å². The van der Waals surface area contributed by atoms with Gasteiger partial charge in [0.1, 0.15) is 5.75 Å². The Morgan fingerprint density at radius 1 is 0.918 bits per heavy atom. The fraction of sp³-hybridized carbons (Fsp3) is 0.625. The van der Waals surface area contributed by atoms with Crippen LogP contribution in [0.3, 0.4) is 0 Å². The van der Waals surface area contributed by atoms with Gasteiger partial charge in [-0.1, -0.05) is 83.2 Å². The molecule has 2 rings (SSSR count). The number of aliphatic hydroxyl groups is 1. The van der Waals surface area contributed by atoms with Crippen LogP contribution in [0.15, 0.2) is 66.2 Å². The number of ether oxygens (including phenoxy) is 5. The van der Waals surface area contributed by atoms with E-state index in [1.165, 1.54) is 0 Å². The third-order valence-electron chi connectivity index (χ3n) is 9.75. The van der Waals surface area contributed by atoms with Crippen molar-refractivity contribution in [3.63, 3.8) is 0 Å². The van der Waals surface area contributed by atoms with Crippen LogP contribution >= 0.6 is 0 Å². The zero-order chi connectivity index (χ0) is 36.6. The second-order valence-corrected chi connectivity index (χ2v) is 19.4. The van der Waals surface area contributed by atoms with Crippen molar-refractivity contribution in [1.82, 2.24) is 0 Å². The quantitative estimate of drug-likeness (QED) is 0.0566. The van der Waals surface area contributed by atoms with E-state index < -0.39 is 14.4 Å². The van der Waals surface area contributed by atoms with Crippen LogP contribution in [0.4, 0.5) is 0 Å². The molecule has 49 heavy (non-hydrogen) atoms. The fourth-order valence-electron chi connectivity index (χ4n) is 5.40. The first-order chi connectivity index (χ1) is 23.1. The standard InChI is InChI=1S/C40H64O8Si/c1-12-46-39(42)30(3)24-29(2)36(41)26-38(48-49(10,11)40(5,6)7)31(4)37(44-9)25-35(22-23-45-27-32-16-14-13-15-17-32)47-28-33-18-20-34(43-8)21-19-33/h13-21,24,29,31,35-38,41H,12,22-23,25-28H2,1-11H3/b30-24+/t29-,31-,35+,36-,37+,38+/m1/s1. The molecular weight excluding hydrogens is 637 g/mol. The molecule has 1 N–H and O–H groups in total. The van der Waals surface area contributed by atoms with Gasteiger partial charge in [0.05, 0.1) is 51.3 Å². The summed E-state index contributed by atoms with van der Waals surface area (Å²) in [6, 6.07) is 18.1. The van der Waals surface area contributed by atoms with Gasteiger partial charge in [-0.25, -0.2) is 4.79 Å². The Bertz CT molecular complexity index is 1240. The van der Waals surface area contributed by atoms with E-state index >= 15 is 0 Å². The van der Waals surface area contributed by atoms with Gasteiger partial charge in [-0.15, -0.1) is 0 Å². The van der Waals surface area contributed by atoms with E-state index in [4.69, 9.17) is 28.1 Å². The Balaban J connectivity index is 2.27. The zero-order valence-electron chi connectivity index (χ0n) is 32.0. The molecule has 0 heterocycles. The lowest BCUT2D eigenvalue weighted by Gasteiger charge is -2.43. The summed E-state index contributed by atoms with van der Waals surface area (Å²) in [5.74, 6) is 0.106. The van der Waals surface area contributed by atoms with E-state index in [-0.39, 0.29) is 41.2 Å². The van der Waals surface area contributed by atoms with Gasteiger partial charge in [0.15, 0.2) is 8.32 Å². The average molecular weight is 701 g/mol. The largest absolute Gasteiger partial charge is 0.497 e. The number of benzene rings is 2. The lowest BCUT2D eigenvalue weighted by molar-refractivity contribution is -0.138. The molecule has 0 aromatic heterocycles. The minimum absolute atomic E-state index is 0.0232. The van der Waals surface area contributed by atoms with E-state index in [1.54, 1.807) is 34.1 Å². The summed E-state index contributed by atoms with van der Waals surface area (Å²) in [7, 11) is 1.16. The molecule has 0 spiro atoms. The SMILES string of the molecule is CCOC(=O)/C(C)=C/[C@@H](C)[C@H](O)C[C@H](O[Si](C)(C)C(C)(C)C)[C@H](C)[C@H](C[C@H](CCOCc1ccccc1)OCc1ccc(OC)cc1)OC. The Labute approximate surface area is 297 Å². The highest BCUT2D eigenvalue weighted by atomic mass is 28.4. The van der Waals surface area contributed by atoms with Crippen LogP contribution in [-0.2, 0) is 41.4 Å². The maximum absolute atomic E-state index is 12.3. The average Bonchev–Trinajstić information content (AvgIpc) is 3.06. The summed E-state index contributed by atoms with van der Waals surface area (Å²) >= 11 is 0. The van der Waals surface area contributed by atoms with Crippen LogP contribution in [0, 0.1) is 11.8 Å². The molecular formula is C40H64O8Si. The molecule has 0 aliphatic carbocycles. The van der Waals surface area contributed by atoms with E-state index in [1.807, 2.05) is 49.4 Å². The summed E-state index contributed by atoms with van der Waals surface area (Å²) < 4.78 is 36.3. The van der Waals surface area contributed by atoms with E-state index in [0.717, 1.165) is 16.9 Å². The van der Waals surface area contributed by atoms with E-state index in [2.05, 4.69) is 52.9 Å². The number of hydrogen-bond donors (Lipinski definition) is 1. The lowest BCUT2D eigenvalue weighted by atomic mass is 9.87. The van der Waals surface area contributed by atoms with Gasteiger partial charge in [0.25, 0.3) is 0 Å². The van der Waals surface area contributed by atoms with Crippen LogP contribution in [0.1, 0.15) is 78.9 Å². The Morgan fingerprint density at radius 3 is 2.12 bits per heavy atom. The first-order valence-corrected chi connectivity index (χ1v) is 20.6. The highest BCUT2D eigenvalue weighted by Gasteiger charge is 2.42. The van der Waals surface area contributed by atoms with Crippen molar-refractivity contribution in [3.05, 3.63) is 77.4 Å². The van der Waals surface area contributed by atoms with Crippen molar-refractivity contribution < 1.29 is 38.0 Å². The highest BCUT2D eigenvalue weighted by Crippen LogP contribution is 2.40. The maximum Gasteiger partial charge on any atom is 0.333 e. The minimum atomic E-state index is -2.23. The zero-order valence-corrected chi connectivity index (χ0v) is 33.0. The summed E-state index contributed by atoms with van der Waals surface area (Å²) in [4.78, 5) is 12.3. The number of carbonyl (C=O) groups excluding carboxylic acids is 1. The normalized spacial score (nSPS) is 16.4. The van der Waals surface area contributed by atoms with Gasteiger partial charge in [-0.05, 0) is 68.1 Å². The highest BCUT2D eigenvalue weighted by molar-refractivity contribution is 6.74. The van der Waals surface area contributed by atoms with Crippen LogP contribution in [0.2, 0.25) is 18.1 Å². The Hall–Kier alpha value is -2.53. The van der Waals surface area contributed by atoms with Gasteiger partial charge in [0, 0.05) is 37.5 Å². The molecule has 0 aliphatic rings. The summed E-state index contributed by atoms with van der Waals surface area (Å²) in [6.07, 6.45) is 2.17. The molecule has 2 aromatic carbocycles. The first-order valence-electron chi connectivity index (χ1n) is 17.7. The number of methoxy groups -OCH3 is 2. The number of esters is 1. The summed E-state index contributed by atoms with van der Waals surface area (Å²) in [5.41, 5.74) is 2.68. The third-order valence-corrected chi connectivity index (χ3v) is 14.3. The van der Waals surface area contributed by atoms with Crippen LogP contribution in [0.25, 0.3) is 0 Å². The second-order valence-electron chi connectivity index (χ2n) is 14.6. The molecule has 0 saturated heterocycles. The Morgan fingerprint density at radius 2 is 1.55 bits per heavy atom. The summed E-state index contributed by atoms with van der Waals surface area (Å²) in [6.45, 7) is 20.6. The van der Waals surface area contributed by atoms with Crippen molar-refractivity contribution in [2.75, 3.05) is 27.4 Å². The molecule has 0 bridgehead atoms. The van der Waals surface area contributed by atoms with Crippen LogP contribution < -0.4 is 4.74 Å².